The molecule has 1 aromatic rings. The molecule has 12 heavy (non-hydrogen) atoms. The van der Waals surface area contributed by atoms with Gasteiger partial charge in [-0.05, 0) is 30.5 Å². The fraction of sp³-hybridized carbons (Fsp3) is 0.300. The minimum Gasteiger partial charge on any atom is -0.507 e. The monoisotopic (exact) mass is 164 g/mol. The molecule has 2 heteroatoms. The van der Waals surface area contributed by atoms with Gasteiger partial charge in [-0.15, -0.1) is 0 Å². The zero-order valence-electron chi connectivity index (χ0n) is 7.29. The van der Waals surface area contributed by atoms with Crippen molar-refractivity contribution < 1.29 is 9.90 Å². The SMILES string of the molecule is CCc1cc(C)cc(O)c1C=O. The number of aromatic hydroxyl groups is 1. The van der Waals surface area contributed by atoms with Crippen LogP contribution < -0.4 is 0 Å². The Balaban J connectivity index is 3.33. The summed E-state index contributed by atoms with van der Waals surface area (Å²) in [6.07, 6.45) is 1.47. The van der Waals surface area contributed by atoms with Crippen molar-refractivity contribution in [3.8, 4) is 5.75 Å². The molecular formula is C10H12O2. The Kier molecular flexibility index (Phi) is 2.48. The van der Waals surface area contributed by atoms with E-state index >= 15 is 0 Å². The maximum atomic E-state index is 10.6. The fourth-order valence-electron chi connectivity index (χ4n) is 1.28. The molecule has 0 radical (unpaired) electrons. The highest BCUT2D eigenvalue weighted by molar-refractivity contribution is 5.81. The van der Waals surface area contributed by atoms with E-state index in [1.54, 1.807) is 6.07 Å². The summed E-state index contributed by atoms with van der Waals surface area (Å²) in [5, 5.41) is 9.37. The van der Waals surface area contributed by atoms with E-state index in [1.807, 2.05) is 19.9 Å². The summed E-state index contributed by atoms with van der Waals surface area (Å²) >= 11 is 0. The molecule has 0 amide bonds. The van der Waals surface area contributed by atoms with E-state index in [0.717, 1.165) is 17.5 Å². The predicted molar refractivity (Wildman–Crippen MR) is 47.6 cm³/mol. The van der Waals surface area contributed by atoms with E-state index in [4.69, 9.17) is 0 Å². The van der Waals surface area contributed by atoms with Gasteiger partial charge in [0.2, 0.25) is 0 Å². The number of rotatable bonds is 2. The summed E-state index contributed by atoms with van der Waals surface area (Å²) < 4.78 is 0. The maximum absolute atomic E-state index is 10.6. The lowest BCUT2D eigenvalue weighted by atomic mass is 10.0. The average Bonchev–Trinajstić information content (AvgIpc) is 2.03. The van der Waals surface area contributed by atoms with Gasteiger partial charge in [0, 0.05) is 0 Å². The van der Waals surface area contributed by atoms with Crippen molar-refractivity contribution in [2.45, 2.75) is 20.3 Å². The molecule has 0 aliphatic heterocycles. The molecule has 0 aliphatic rings. The van der Waals surface area contributed by atoms with Crippen molar-refractivity contribution in [2.75, 3.05) is 0 Å². The van der Waals surface area contributed by atoms with E-state index in [-0.39, 0.29) is 5.75 Å². The minimum atomic E-state index is 0.0850. The van der Waals surface area contributed by atoms with Gasteiger partial charge in [-0.25, -0.2) is 0 Å². The molecule has 0 spiro atoms. The Morgan fingerprint density at radius 2 is 2.17 bits per heavy atom. The summed E-state index contributed by atoms with van der Waals surface area (Å²) in [7, 11) is 0. The second-order valence-corrected chi connectivity index (χ2v) is 2.83. The van der Waals surface area contributed by atoms with Gasteiger partial charge in [0.05, 0.1) is 5.56 Å². The molecule has 0 aliphatic carbocycles. The molecule has 2 nitrogen and oxygen atoms in total. The lowest BCUT2D eigenvalue weighted by Crippen LogP contribution is -1.92. The standard InChI is InChI=1S/C10H12O2/c1-3-8-4-7(2)5-10(12)9(8)6-11/h4-6,12H,3H2,1-2H3. The molecule has 0 bridgehead atoms. The van der Waals surface area contributed by atoms with E-state index in [0.29, 0.717) is 11.8 Å². The molecule has 1 aromatic carbocycles. The number of phenols is 1. The number of aryl methyl sites for hydroxylation is 2. The van der Waals surface area contributed by atoms with E-state index in [1.165, 1.54) is 0 Å². The first-order chi connectivity index (χ1) is 5.69. The molecule has 0 aromatic heterocycles. The number of aldehydes is 1. The lowest BCUT2D eigenvalue weighted by Gasteiger charge is -2.05. The third-order valence-corrected chi connectivity index (χ3v) is 1.89. The Bertz CT molecular complexity index is 303. The second kappa shape index (κ2) is 3.39. The van der Waals surface area contributed by atoms with Crippen LogP contribution in [0.4, 0.5) is 0 Å². The van der Waals surface area contributed by atoms with Crippen molar-refractivity contribution in [1.82, 2.24) is 0 Å². The Morgan fingerprint density at radius 1 is 1.50 bits per heavy atom. The van der Waals surface area contributed by atoms with Crippen LogP contribution in [0.1, 0.15) is 28.4 Å². The topological polar surface area (TPSA) is 37.3 Å². The summed E-state index contributed by atoms with van der Waals surface area (Å²) in [6.45, 7) is 3.86. The van der Waals surface area contributed by atoms with Crippen LogP contribution in [0.15, 0.2) is 12.1 Å². The van der Waals surface area contributed by atoms with Crippen molar-refractivity contribution in [2.24, 2.45) is 0 Å². The second-order valence-electron chi connectivity index (χ2n) is 2.83. The first kappa shape index (κ1) is 8.78. The highest BCUT2D eigenvalue weighted by Gasteiger charge is 2.05. The molecule has 1 N–H and O–H groups in total. The Labute approximate surface area is 71.8 Å². The van der Waals surface area contributed by atoms with Crippen LogP contribution in [0.2, 0.25) is 0 Å². The third-order valence-electron chi connectivity index (χ3n) is 1.89. The van der Waals surface area contributed by atoms with E-state index < -0.39 is 0 Å². The molecule has 0 heterocycles. The van der Waals surface area contributed by atoms with Crippen LogP contribution in [0, 0.1) is 6.92 Å². The molecule has 0 saturated carbocycles. The van der Waals surface area contributed by atoms with Crippen LogP contribution in [-0.2, 0) is 6.42 Å². The van der Waals surface area contributed by atoms with Crippen LogP contribution in [0.25, 0.3) is 0 Å². The van der Waals surface area contributed by atoms with Crippen LogP contribution in [0.3, 0.4) is 0 Å². The van der Waals surface area contributed by atoms with E-state index in [9.17, 15) is 9.90 Å². The van der Waals surface area contributed by atoms with Gasteiger partial charge in [-0.3, -0.25) is 4.79 Å². The normalized spacial score (nSPS) is 9.83. The fourth-order valence-corrected chi connectivity index (χ4v) is 1.28. The molecular weight excluding hydrogens is 152 g/mol. The minimum absolute atomic E-state index is 0.0850. The van der Waals surface area contributed by atoms with Gasteiger partial charge < -0.3 is 5.11 Å². The molecule has 0 fully saturated rings. The summed E-state index contributed by atoms with van der Waals surface area (Å²) in [4.78, 5) is 10.6. The number of hydrogen-bond acceptors (Lipinski definition) is 2. The first-order valence-corrected chi connectivity index (χ1v) is 3.96. The van der Waals surface area contributed by atoms with Gasteiger partial charge in [0.15, 0.2) is 6.29 Å². The van der Waals surface area contributed by atoms with Gasteiger partial charge in [0.25, 0.3) is 0 Å². The van der Waals surface area contributed by atoms with Crippen LogP contribution >= 0.6 is 0 Å². The number of hydrogen-bond donors (Lipinski definition) is 1. The maximum Gasteiger partial charge on any atom is 0.154 e. The van der Waals surface area contributed by atoms with Crippen molar-refractivity contribution >= 4 is 6.29 Å². The smallest absolute Gasteiger partial charge is 0.154 e. The molecule has 0 unspecified atom stereocenters. The molecule has 1 rings (SSSR count). The number of phenolic OH excluding ortho intramolecular Hbond substituents is 1. The average molecular weight is 164 g/mol. The highest BCUT2D eigenvalue weighted by atomic mass is 16.3. The molecule has 64 valence electrons. The molecule has 0 atom stereocenters. The first-order valence-electron chi connectivity index (χ1n) is 3.96. The van der Waals surface area contributed by atoms with Gasteiger partial charge in [-0.2, -0.15) is 0 Å². The van der Waals surface area contributed by atoms with Gasteiger partial charge in [0.1, 0.15) is 5.75 Å². The highest BCUT2D eigenvalue weighted by Crippen LogP contribution is 2.21. The summed E-state index contributed by atoms with van der Waals surface area (Å²) in [5.41, 5.74) is 2.31. The number of carbonyl (C=O) groups is 1. The van der Waals surface area contributed by atoms with Gasteiger partial charge in [-0.1, -0.05) is 13.0 Å². The summed E-state index contributed by atoms with van der Waals surface area (Å²) in [6, 6.07) is 3.52. The number of benzene rings is 1. The number of carbonyl (C=O) groups excluding carboxylic acids is 1. The van der Waals surface area contributed by atoms with Crippen molar-refractivity contribution in [1.29, 1.82) is 0 Å². The predicted octanol–water partition coefficient (Wildman–Crippen LogP) is 2.08. The largest absolute Gasteiger partial charge is 0.507 e. The Hall–Kier alpha value is -1.31. The quantitative estimate of drug-likeness (QED) is 0.679. The van der Waals surface area contributed by atoms with Crippen LogP contribution in [0.5, 0.6) is 5.75 Å². The van der Waals surface area contributed by atoms with Gasteiger partial charge >= 0.3 is 0 Å². The lowest BCUT2D eigenvalue weighted by molar-refractivity contribution is 0.112. The zero-order chi connectivity index (χ0) is 9.14. The molecule has 0 saturated heterocycles. The van der Waals surface area contributed by atoms with Crippen LogP contribution in [-0.4, -0.2) is 11.4 Å². The summed E-state index contributed by atoms with van der Waals surface area (Å²) in [5.74, 6) is 0.0850. The van der Waals surface area contributed by atoms with E-state index in [2.05, 4.69) is 0 Å². The third kappa shape index (κ3) is 1.47. The zero-order valence-corrected chi connectivity index (χ0v) is 7.29. The van der Waals surface area contributed by atoms with Crippen molar-refractivity contribution in [3.63, 3.8) is 0 Å². The Morgan fingerprint density at radius 3 is 2.67 bits per heavy atom. The van der Waals surface area contributed by atoms with Crippen molar-refractivity contribution in [3.05, 3.63) is 28.8 Å².